The highest BCUT2D eigenvalue weighted by Crippen LogP contribution is 2.30. The zero-order valence-corrected chi connectivity index (χ0v) is 18.8. The first-order valence-corrected chi connectivity index (χ1v) is 12.2. The summed E-state index contributed by atoms with van der Waals surface area (Å²) in [7, 11) is -3.56. The molecular weight excluding hydrogens is 410 g/mol. The molecule has 10 heteroatoms. The minimum Gasteiger partial charge on any atom is -0.355 e. The largest absolute Gasteiger partial charge is 0.355 e. The van der Waals surface area contributed by atoms with Gasteiger partial charge in [-0.1, -0.05) is 32.4 Å². The first-order valence-electron chi connectivity index (χ1n) is 9.91. The molecule has 8 nitrogen and oxygen atoms in total. The molecule has 1 amide bonds. The molecule has 3 heterocycles. The van der Waals surface area contributed by atoms with Crippen LogP contribution < -0.4 is 5.32 Å². The molecule has 2 aromatic heterocycles. The van der Waals surface area contributed by atoms with Gasteiger partial charge in [-0.3, -0.25) is 9.48 Å². The van der Waals surface area contributed by atoms with Crippen molar-refractivity contribution in [1.82, 2.24) is 24.6 Å². The highest BCUT2D eigenvalue weighted by Gasteiger charge is 2.34. The van der Waals surface area contributed by atoms with Gasteiger partial charge in [-0.2, -0.15) is 4.31 Å². The number of sulfonamides is 1. The lowest BCUT2D eigenvalue weighted by molar-refractivity contribution is -0.128. The average Bonchev–Trinajstić information content (AvgIpc) is 3.33. The molecule has 1 atom stereocenters. The third kappa shape index (κ3) is 5.43. The Morgan fingerprint density at radius 3 is 2.79 bits per heavy atom. The van der Waals surface area contributed by atoms with Crippen molar-refractivity contribution in [3.63, 3.8) is 0 Å². The topological polar surface area (TPSA) is 97.2 Å². The number of hydrogen-bond donors (Lipinski definition) is 1. The molecule has 1 unspecified atom stereocenters. The van der Waals surface area contributed by atoms with Gasteiger partial charge in [-0.15, -0.1) is 16.4 Å². The Balaban J connectivity index is 1.66. The molecule has 0 spiro atoms. The van der Waals surface area contributed by atoms with Crippen LogP contribution in [0.4, 0.5) is 0 Å². The number of aromatic nitrogens is 3. The summed E-state index contributed by atoms with van der Waals surface area (Å²) < 4.78 is 30.2. The van der Waals surface area contributed by atoms with Gasteiger partial charge in [0.2, 0.25) is 5.91 Å². The van der Waals surface area contributed by atoms with Crippen LogP contribution in [0.2, 0.25) is 0 Å². The number of hydrogen-bond acceptors (Lipinski definition) is 6. The summed E-state index contributed by atoms with van der Waals surface area (Å²) in [4.78, 5) is 12.9. The third-order valence-electron chi connectivity index (χ3n) is 4.98. The van der Waals surface area contributed by atoms with E-state index < -0.39 is 15.4 Å². The molecule has 2 aromatic rings. The van der Waals surface area contributed by atoms with E-state index in [0.717, 1.165) is 24.1 Å². The second-order valence-electron chi connectivity index (χ2n) is 8.37. The van der Waals surface area contributed by atoms with Gasteiger partial charge in [0.25, 0.3) is 10.0 Å². The Morgan fingerprint density at radius 2 is 2.10 bits per heavy atom. The predicted molar refractivity (Wildman–Crippen MR) is 112 cm³/mol. The second-order valence-corrected chi connectivity index (χ2v) is 11.7. The van der Waals surface area contributed by atoms with Crippen molar-refractivity contribution in [2.24, 2.45) is 5.41 Å². The summed E-state index contributed by atoms with van der Waals surface area (Å²) >= 11 is 1.29. The number of nitrogens with zero attached hydrogens (tertiary/aromatic N) is 4. The quantitative estimate of drug-likeness (QED) is 0.714. The van der Waals surface area contributed by atoms with E-state index in [1.807, 2.05) is 26.8 Å². The van der Waals surface area contributed by atoms with Crippen LogP contribution in [0.25, 0.3) is 0 Å². The lowest BCUT2D eigenvalue weighted by Crippen LogP contribution is -2.45. The lowest BCUT2D eigenvalue weighted by Gasteiger charge is -2.34. The van der Waals surface area contributed by atoms with E-state index in [0.29, 0.717) is 30.3 Å². The van der Waals surface area contributed by atoms with Crippen molar-refractivity contribution < 1.29 is 13.2 Å². The van der Waals surface area contributed by atoms with Gasteiger partial charge in [0, 0.05) is 35.6 Å². The molecule has 1 aliphatic rings. The first kappa shape index (κ1) is 21.9. The van der Waals surface area contributed by atoms with Gasteiger partial charge in [0.1, 0.15) is 4.21 Å². The molecule has 1 saturated heterocycles. The van der Waals surface area contributed by atoms with Gasteiger partial charge in [0.15, 0.2) is 0 Å². The van der Waals surface area contributed by atoms with Crippen molar-refractivity contribution in [2.75, 3.05) is 13.1 Å². The fourth-order valence-electron chi connectivity index (χ4n) is 3.33. The van der Waals surface area contributed by atoms with E-state index in [-0.39, 0.29) is 11.9 Å². The van der Waals surface area contributed by atoms with Crippen LogP contribution >= 0.6 is 11.3 Å². The average molecular weight is 440 g/mol. The van der Waals surface area contributed by atoms with E-state index in [1.54, 1.807) is 27.4 Å². The predicted octanol–water partition coefficient (Wildman–Crippen LogP) is 2.29. The highest BCUT2D eigenvalue weighted by atomic mass is 32.2. The van der Waals surface area contributed by atoms with Gasteiger partial charge in [0.05, 0.1) is 12.7 Å². The maximum Gasteiger partial charge on any atom is 0.252 e. The molecule has 0 aliphatic carbocycles. The molecule has 1 aliphatic heterocycles. The molecule has 1 fully saturated rings. The smallest absolute Gasteiger partial charge is 0.252 e. The number of carbonyl (C=O) groups is 1. The highest BCUT2D eigenvalue weighted by molar-refractivity contribution is 7.91. The lowest BCUT2D eigenvalue weighted by atomic mass is 9.96. The van der Waals surface area contributed by atoms with Crippen LogP contribution in [0, 0.1) is 5.41 Å². The Labute approximate surface area is 176 Å². The molecule has 1 N–H and O–H groups in total. The third-order valence-corrected chi connectivity index (χ3v) is 8.55. The zero-order valence-electron chi connectivity index (χ0n) is 17.2. The van der Waals surface area contributed by atoms with Crippen LogP contribution in [0.5, 0.6) is 0 Å². The molecule has 29 heavy (non-hydrogen) atoms. The summed E-state index contributed by atoms with van der Waals surface area (Å²) in [5, 5.41) is 10.7. The number of carbonyl (C=O) groups excluding carboxylic acids is 1. The molecule has 0 saturated carbocycles. The number of amides is 1. The van der Waals surface area contributed by atoms with Gasteiger partial charge < -0.3 is 5.32 Å². The molecular formula is C19H29N5O3S2. The van der Waals surface area contributed by atoms with Crippen molar-refractivity contribution in [3.05, 3.63) is 29.4 Å². The van der Waals surface area contributed by atoms with E-state index in [1.165, 1.54) is 11.3 Å². The number of piperidine rings is 1. The Bertz CT molecular complexity index is 916. The van der Waals surface area contributed by atoms with Crippen LogP contribution in [0.3, 0.4) is 0 Å². The minimum atomic E-state index is -3.56. The summed E-state index contributed by atoms with van der Waals surface area (Å²) in [6.45, 7) is 7.13. The summed E-state index contributed by atoms with van der Waals surface area (Å²) in [5.74, 6) is -0.00818. The van der Waals surface area contributed by atoms with E-state index in [2.05, 4.69) is 15.6 Å². The number of rotatable bonds is 7. The van der Waals surface area contributed by atoms with Crippen molar-refractivity contribution in [2.45, 2.75) is 63.3 Å². The summed E-state index contributed by atoms with van der Waals surface area (Å²) in [5.41, 5.74) is -0.433. The Morgan fingerprint density at radius 1 is 1.31 bits per heavy atom. The molecule has 0 bridgehead atoms. The standard InChI is InChI=1S/C19H29N5O3S2/c1-19(2,3)18(25)20-10-9-16-7-8-17(28-16)29(26,27)24-12-5-4-6-15(24)14-23-13-11-21-22-23/h7-8,11,13,15H,4-6,9-10,12,14H2,1-3H3,(H,20,25). The zero-order chi connectivity index (χ0) is 21.1. The van der Waals surface area contributed by atoms with Crippen LogP contribution in [0.15, 0.2) is 28.7 Å². The fraction of sp³-hybridized carbons (Fsp3) is 0.632. The summed E-state index contributed by atoms with van der Waals surface area (Å²) in [6.07, 6.45) is 6.67. The molecule has 0 aromatic carbocycles. The van der Waals surface area contributed by atoms with Gasteiger partial charge in [-0.25, -0.2) is 8.42 Å². The Kier molecular flexibility index (Phi) is 6.75. The SMILES string of the molecule is CC(C)(C)C(=O)NCCc1ccc(S(=O)(=O)N2CCCCC2Cn2ccnn2)s1. The maximum atomic E-state index is 13.3. The van der Waals surface area contributed by atoms with E-state index >= 15 is 0 Å². The Hall–Kier alpha value is -1.78. The van der Waals surface area contributed by atoms with Crippen LogP contribution in [-0.4, -0.2) is 52.8 Å². The van der Waals surface area contributed by atoms with Gasteiger partial charge in [-0.05, 0) is 31.4 Å². The number of nitrogens with one attached hydrogen (secondary N) is 1. The van der Waals surface area contributed by atoms with E-state index in [4.69, 9.17) is 0 Å². The monoisotopic (exact) mass is 439 g/mol. The minimum absolute atomic E-state index is 0.00818. The molecule has 160 valence electrons. The second kappa shape index (κ2) is 8.93. The maximum absolute atomic E-state index is 13.3. The van der Waals surface area contributed by atoms with E-state index in [9.17, 15) is 13.2 Å². The van der Waals surface area contributed by atoms with Gasteiger partial charge >= 0.3 is 0 Å². The summed E-state index contributed by atoms with van der Waals surface area (Å²) in [6, 6.07) is 3.41. The fourth-order valence-corrected chi connectivity index (χ4v) is 6.50. The van der Waals surface area contributed by atoms with Crippen molar-refractivity contribution in [3.8, 4) is 0 Å². The van der Waals surface area contributed by atoms with Crippen LogP contribution in [0.1, 0.15) is 44.9 Å². The normalized spacial score (nSPS) is 18.7. The van der Waals surface area contributed by atoms with Crippen molar-refractivity contribution >= 4 is 27.3 Å². The molecule has 3 rings (SSSR count). The number of thiophene rings is 1. The first-order chi connectivity index (χ1) is 13.7. The van der Waals surface area contributed by atoms with Crippen molar-refractivity contribution in [1.29, 1.82) is 0 Å². The molecule has 0 radical (unpaired) electrons. The van der Waals surface area contributed by atoms with Crippen LogP contribution in [-0.2, 0) is 27.8 Å².